The van der Waals surface area contributed by atoms with Gasteiger partial charge in [-0.25, -0.2) is 0 Å². The van der Waals surface area contributed by atoms with Crippen molar-refractivity contribution in [3.8, 4) is 0 Å². The van der Waals surface area contributed by atoms with E-state index in [2.05, 4.69) is 59.9 Å². The van der Waals surface area contributed by atoms with Gasteiger partial charge in [0.15, 0.2) is 0 Å². The second-order valence-electron chi connectivity index (χ2n) is 5.32. The van der Waals surface area contributed by atoms with Crippen LogP contribution in [0.1, 0.15) is 61.4 Å². The third-order valence-corrected chi connectivity index (χ3v) is 4.49. The van der Waals surface area contributed by atoms with E-state index >= 15 is 0 Å². The number of hydrogen-bond donors (Lipinski definition) is 1. The summed E-state index contributed by atoms with van der Waals surface area (Å²) in [4.78, 5) is 1.27. The first-order valence-corrected chi connectivity index (χ1v) is 8.70. The van der Waals surface area contributed by atoms with Crippen molar-refractivity contribution in [2.45, 2.75) is 52.5 Å². The van der Waals surface area contributed by atoms with Crippen molar-refractivity contribution in [3.05, 3.63) is 46.0 Å². The monoisotopic (exact) mass is 303 g/mol. The van der Waals surface area contributed by atoms with Gasteiger partial charge in [-0.1, -0.05) is 55.9 Å². The van der Waals surface area contributed by atoms with Crippen LogP contribution >= 0.6 is 11.5 Å². The minimum atomic E-state index is 0.220. The predicted molar refractivity (Wildman–Crippen MR) is 89.9 cm³/mol. The minimum absolute atomic E-state index is 0.220. The van der Waals surface area contributed by atoms with Crippen molar-refractivity contribution in [1.29, 1.82) is 0 Å². The fourth-order valence-electron chi connectivity index (χ4n) is 2.44. The molecule has 4 heteroatoms. The second kappa shape index (κ2) is 8.25. The fourth-order valence-corrected chi connectivity index (χ4v) is 3.24. The van der Waals surface area contributed by atoms with E-state index in [1.807, 2.05) is 0 Å². The molecule has 0 fully saturated rings. The van der Waals surface area contributed by atoms with E-state index in [4.69, 9.17) is 0 Å². The molecule has 114 valence electrons. The fraction of sp³-hybridized carbons (Fsp3) is 0.529. The molecule has 0 saturated heterocycles. The lowest BCUT2D eigenvalue weighted by Crippen LogP contribution is -2.23. The van der Waals surface area contributed by atoms with Gasteiger partial charge >= 0.3 is 0 Å². The van der Waals surface area contributed by atoms with Gasteiger partial charge in [0.25, 0.3) is 0 Å². The zero-order valence-corrected chi connectivity index (χ0v) is 14.0. The van der Waals surface area contributed by atoms with Crippen LogP contribution in [0, 0.1) is 0 Å². The number of rotatable bonds is 8. The van der Waals surface area contributed by atoms with E-state index in [-0.39, 0.29) is 6.04 Å². The van der Waals surface area contributed by atoms with Crippen molar-refractivity contribution in [2.75, 3.05) is 6.54 Å². The Morgan fingerprint density at radius 2 is 1.86 bits per heavy atom. The largest absolute Gasteiger partial charge is 0.305 e. The number of benzene rings is 1. The summed E-state index contributed by atoms with van der Waals surface area (Å²) in [5.74, 6) is 0. The van der Waals surface area contributed by atoms with E-state index < -0.39 is 0 Å². The molecule has 0 aliphatic carbocycles. The zero-order valence-electron chi connectivity index (χ0n) is 13.2. The van der Waals surface area contributed by atoms with Crippen LogP contribution in [0.15, 0.2) is 24.3 Å². The van der Waals surface area contributed by atoms with E-state index in [9.17, 15) is 0 Å². The average molecular weight is 303 g/mol. The second-order valence-corrected chi connectivity index (χ2v) is 6.10. The highest BCUT2D eigenvalue weighted by molar-refractivity contribution is 7.05. The number of nitrogens with one attached hydrogen (secondary N) is 1. The first kappa shape index (κ1) is 16.1. The number of aryl methyl sites for hydroxylation is 2. The van der Waals surface area contributed by atoms with Crippen molar-refractivity contribution in [3.63, 3.8) is 0 Å². The van der Waals surface area contributed by atoms with E-state index in [1.54, 1.807) is 0 Å². The standard InChI is InChI=1S/C17H25N3S/c1-4-7-15-17(21-20-19-15)16(18-12-5-2)14-10-8-13(6-3)9-11-14/h8-11,16,18H,4-7,12H2,1-3H3. The molecule has 0 aliphatic heterocycles. The third-order valence-electron chi connectivity index (χ3n) is 3.65. The average Bonchev–Trinajstić information content (AvgIpc) is 2.97. The molecule has 1 aromatic carbocycles. The number of aromatic nitrogens is 2. The smallest absolute Gasteiger partial charge is 0.0807 e. The molecule has 3 nitrogen and oxygen atoms in total. The minimum Gasteiger partial charge on any atom is -0.305 e. The molecular formula is C17H25N3S. The SMILES string of the molecule is CCCNC(c1ccc(CC)cc1)c1snnc1CCC. The van der Waals surface area contributed by atoms with Crippen LogP contribution in [0.2, 0.25) is 0 Å². The van der Waals surface area contributed by atoms with Gasteiger partial charge < -0.3 is 5.32 Å². The highest BCUT2D eigenvalue weighted by Crippen LogP contribution is 2.28. The summed E-state index contributed by atoms with van der Waals surface area (Å²) < 4.78 is 4.18. The van der Waals surface area contributed by atoms with Gasteiger partial charge in [0.05, 0.1) is 16.6 Å². The molecule has 1 aromatic heterocycles. The molecule has 2 aromatic rings. The molecule has 0 bridgehead atoms. The third kappa shape index (κ3) is 4.11. The first-order valence-electron chi connectivity index (χ1n) is 7.93. The molecular weight excluding hydrogens is 278 g/mol. The summed E-state index contributed by atoms with van der Waals surface area (Å²) in [5, 5.41) is 7.98. The molecule has 0 saturated carbocycles. The zero-order chi connectivity index (χ0) is 15.1. The Morgan fingerprint density at radius 1 is 1.10 bits per heavy atom. The van der Waals surface area contributed by atoms with Gasteiger partial charge in [-0.15, -0.1) is 5.10 Å². The van der Waals surface area contributed by atoms with Crippen LogP contribution in [0.5, 0.6) is 0 Å². The molecule has 1 unspecified atom stereocenters. The van der Waals surface area contributed by atoms with Crippen LogP contribution in [0.3, 0.4) is 0 Å². The molecule has 0 aliphatic rings. The summed E-state index contributed by atoms with van der Waals surface area (Å²) >= 11 is 1.53. The summed E-state index contributed by atoms with van der Waals surface area (Å²) in [6.07, 6.45) is 4.31. The number of hydrogen-bond acceptors (Lipinski definition) is 4. The Labute approximate surface area is 132 Å². The van der Waals surface area contributed by atoms with Gasteiger partial charge in [0, 0.05) is 0 Å². The van der Waals surface area contributed by atoms with Gasteiger partial charge in [0.2, 0.25) is 0 Å². The Balaban J connectivity index is 2.29. The predicted octanol–water partition coefficient (Wildman–Crippen LogP) is 4.14. The maximum atomic E-state index is 4.32. The molecule has 1 N–H and O–H groups in total. The molecule has 1 heterocycles. The molecule has 0 radical (unpaired) electrons. The summed E-state index contributed by atoms with van der Waals surface area (Å²) in [6, 6.07) is 9.15. The van der Waals surface area contributed by atoms with Crippen LogP contribution in [0.4, 0.5) is 0 Å². The van der Waals surface area contributed by atoms with Gasteiger partial charge in [-0.05, 0) is 48.5 Å². The maximum absolute atomic E-state index is 4.32. The molecule has 0 amide bonds. The van der Waals surface area contributed by atoms with Crippen molar-refractivity contribution in [2.24, 2.45) is 0 Å². The summed E-state index contributed by atoms with van der Waals surface area (Å²) in [6.45, 7) is 7.58. The Kier molecular flexibility index (Phi) is 6.33. The molecule has 0 spiro atoms. The number of nitrogens with zero attached hydrogens (tertiary/aromatic N) is 2. The molecule has 2 rings (SSSR count). The molecule has 1 atom stereocenters. The van der Waals surface area contributed by atoms with Gasteiger partial charge in [-0.3, -0.25) is 0 Å². The highest BCUT2D eigenvalue weighted by Gasteiger charge is 2.20. The van der Waals surface area contributed by atoms with Crippen LogP contribution in [0.25, 0.3) is 0 Å². The van der Waals surface area contributed by atoms with Crippen molar-refractivity contribution < 1.29 is 0 Å². The van der Waals surface area contributed by atoms with Crippen molar-refractivity contribution >= 4 is 11.5 Å². The molecule has 21 heavy (non-hydrogen) atoms. The maximum Gasteiger partial charge on any atom is 0.0807 e. The highest BCUT2D eigenvalue weighted by atomic mass is 32.1. The van der Waals surface area contributed by atoms with Crippen molar-refractivity contribution in [1.82, 2.24) is 14.9 Å². The lowest BCUT2D eigenvalue weighted by atomic mass is 10.0. The van der Waals surface area contributed by atoms with Crippen LogP contribution in [-0.2, 0) is 12.8 Å². The summed E-state index contributed by atoms with van der Waals surface area (Å²) in [5.41, 5.74) is 3.84. The van der Waals surface area contributed by atoms with Gasteiger partial charge in [-0.2, -0.15) is 0 Å². The first-order chi connectivity index (χ1) is 10.3. The van der Waals surface area contributed by atoms with E-state index in [1.165, 1.54) is 27.5 Å². The quantitative estimate of drug-likeness (QED) is 0.796. The topological polar surface area (TPSA) is 37.8 Å². The Bertz CT molecular complexity index is 533. The van der Waals surface area contributed by atoms with E-state index in [0.717, 1.165) is 37.9 Å². The van der Waals surface area contributed by atoms with E-state index in [0.29, 0.717) is 0 Å². The lowest BCUT2D eigenvalue weighted by Gasteiger charge is -2.18. The lowest BCUT2D eigenvalue weighted by molar-refractivity contribution is 0.599. The Hall–Kier alpha value is -1.26. The van der Waals surface area contributed by atoms with Crippen LogP contribution in [-0.4, -0.2) is 16.1 Å². The normalized spacial score (nSPS) is 12.5. The van der Waals surface area contributed by atoms with Crippen LogP contribution < -0.4 is 5.32 Å². The summed E-state index contributed by atoms with van der Waals surface area (Å²) in [7, 11) is 0. The van der Waals surface area contributed by atoms with Gasteiger partial charge in [0.1, 0.15) is 0 Å². The Morgan fingerprint density at radius 3 is 2.48 bits per heavy atom.